The van der Waals surface area contributed by atoms with Crippen molar-refractivity contribution < 1.29 is 23.9 Å². The van der Waals surface area contributed by atoms with Crippen molar-refractivity contribution in [3.05, 3.63) is 94.6 Å². The van der Waals surface area contributed by atoms with Gasteiger partial charge in [0.15, 0.2) is 6.61 Å². The minimum atomic E-state index is -0.793. The van der Waals surface area contributed by atoms with Crippen LogP contribution in [0.4, 0.5) is 16.2 Å². The maximum atomic E-state index is 13.1. The molecule has 0 aromatic heterocycles. The van der Waals surface area contributed by atoms with Crippen LogP contribution in [0.25, 0.3) is 6.08 Å². The zero-order chi connectivity index (χ0) is 25.8. The number of imide groups is 2. The molecule has 0 radical (unpaired) electrons. The average Bonchev–Trinajstić information content (AvgIpc) is 2.83. The number of hydrogen-bond donors (Lipinski definition) is 2. The second kappa shape index (κ2) is 10.3. The molecular weight excluding hydrogens is 458 g/mol. The molecule has 0 atom stereocenters. The molecule has 8 heteroatoms. The van der Waals surface area contributed by atoms with E-state index in [1.54, 1.807) is 42.5 Å². The number of hydrogen-bond acceptors (Lipinski definition) is 5. The largest absolute Gasteiger partial charge is 0.484 e. The van der Waals surface area contributed by atoms with Crippen LogP contribution in [-0.4, -0.2) is 30.4 Å². The van der Waals surface area contributed by atoms with Crippen LogP contribution in [0.2, 0.25) is 0 Å². The number of anilines is 2. The van der Waals surface area contributed by atoms with Crippen LogP contribution in [0.3, 0.4) is 0 Å². The van der Waals surface area contributed by atoms with E-state index in [4.69, 9.17) is 4.74 Å². The summed E-state index contributed by atoms with van der Waals surface area (Å²) in [6.07, 6.45) is 1.41. The van der Waals surface area contributed by atoms with Gasteiger partial charge in [-0.05, 0) is 85.5 Å². The Hall–Kier alpha value is -4.72. The van der Waals surface area contributed by atoms with Crippen molar-refractivity contribution in [2.45, 2.75) is 20.8 Å². The van der Waals surface area contributed by atoms with Gasteiger partial charge in [0.2, 0.25) is 0 Å². The summed E-state index contributed by atoms with van der Waals surface area (Å²) >= 11 is 0. The molecule has 0 aliphatic carbocycles. The quantitative estimate of drug-likeness (QED) is 0.402. The molecule has 4 rings (SSSR count). The Kier molecular flexibility index (Phi) is 6.96. The van der Waals surface area contributed by atoms with Gasteiger partial charge in [-0.15, -0.1) is 0 Å². The second-order valence-electron chi connectivity index (χ2n) is 8.50. The Morgan fingerprint density at radius 2 is 1.69 bits per heavy atom. The van der Waals surface area contributed by atoms with Gasteiger partial charge in [0.1, 0.15) is 11.3 Å². The minimum absolute atomic E-state index is 0.168. The molecule has 0 unspecified atom stereocenters. The number of benzene rings is 3. The van der Waals surface area contributed by atoms with Gasteiger partial charge in [0.25, 0.3) is 17.7 Å². The molecule has 3 aromatic carbocycles. The normalized spacial score (nSPS) is 14.6. The van der Waals surface area contributed by atoms with Crippen LogP contribution in [0, 0.1) is 20.8 Å². The van der Waals surface area contributed by atoms with Crippen LogP contribution < -0.4 is 20.3 Å². The fourth-order valence-corrected chi connectivity index (χ4v) is 3.65. The zero-order valence-corrected chi connectivity index (χ0v) is 20.1. The fourth-order valence-electron chi connectivity index (χ4n) is 3.65. The van der Waals surface area contributed by atoms with Gasteiger partial charge in [-0.3, -0.25) is 19.7 Å². The van der Waals surface area contributed by atoms with Crippen molar-refractivity contribution in [1.29, 1.82) is 0 Å². The number of barbiturate groups is 1. The molecule has 3 aromatic rings. The lowest BCUT2D eigenvalue weighted by atomic mass is 10.1. The average molecular weight is 484 g/mol. The van der Waals surface area contributed by atoms with E-state index in [-0.39, 0.29) is 18.1 Å². The summed E-state index contributed by atoms with van der Waals surface area (Å²) in [4.78, 5) is 51.0. The lowest BCUT2D eigenvalue weighted by molar-refractivity contribution is -0.122. The van der Waals surface area contributed by atoms with Crippen molar-refractivity contribution in [2.24, 2.45) is 0 Å². The van der Waals surface area contributed by atoms with E-state index in [1.165, 1.54) is 6.08 Å². The van der Waals surface area contributed by atoms with E-state index < -0.39 is 17.8 Å². The number of carbonyl (C=O) groups excluding carboxylic acids is 4. The monoisotopic (exact) mass is 483 g/mol. The number of rotatable bonds is 6. The molecule has 1 heterocycles. The van der Waals surface area contributed by atoms with Crippen molar-refractivity contribution in [3.8, 4) is 5.75 Å². The number of carbonyl (C=O) groups is 4. The highest BCUT2D eigenvalue weighted by Gasteiger charge is 2.36. The molecule has 0 bridgehead atoms. The predicted molar refractivity (Wildman–Crippen MR) is 137 cm³/mol. The lowest BCUT2D eigenvalue weighted by Gasteiger charge is -2.26. The SMILES string of the molecule is Cc1cccc(NC(=O)COc2ccc(/C=C3/C(=O)NC(=O)N(c4ccc(C)c(C)c4)C3=O)cc2)c1. The Morgan fingerprint density at radius 3 is 2.39 bits per heavy atom. The van der Waals surface area contributed by atoms with Gasteiger partial charge in [0.05, 0.1) is 5.69 Å². The molecule has 0 spiro atoms. The molecule has 2 N–H and O–H groups in total. The molecule has 1 saturated heterocycles. The first-order chi connectivity index (χ1) is 17.2. The van der Waals surface area contributed by atoms with Gasteiger partial charge < -0.3 is 10.1 Å². The number of nitrogens with one attached hydrogen (secondary N) is 2. The van der Waals surface area contributed by atoms with Crippen LogP contribution in [0.15, 0.2) is 72.3 Å². The van der Waals surface area contributed by atoms with Gasteiger partial charge in [-0.1, -0.05) is 30.3 Å². The molecular formula is C28H25N3O5. The predicted octanol–water partition coefficient (Wildman–Crippen LogP) is 4.30. The Morgan fingerprint density at radius 1 is 0.944 bits per heavy atom. The van der Waals surface area contributed by atoms with Gasteiger partial charge in [-0.2, -0.15) is 0 Å². The molecule has 1 fully saturated rings. The van der Waals surface area contributed by atoms with E-state index in [0.29, 0.717) is 22.7 Å². The van der Waals surface area contributed by atoms with Crippen LogP contribution in [-0.2, 0) is 14.4 Å². The Balaban J connectivity index is 1.44. The number of nitrogens with zero attached hydrogens (tertiary/aromatic N) is 1. The van der Waals surface area contributed by atoms with Crippen LogP contribution in [0.5, 0.6) is 5.75 Å². The highest BCUT2D eigenvalue weighted by molar-refractivity contribution is 6.39. The van der Waals surface area contributed by atoms with Gasteiger partial charge >= 0.3 is 6.03 Å². The third kappa shape index (κ3) is 5.50. The second-order valence-corrected chi connectivity index (χ2v) is 8.50. The van der Waals surface area contributed by atoms with E-state index in [1.807, 2.05) is 45.0 Å². The summed E-state index contributed by atoms with van der Waals surface area (Å²) in [5.74, 6) is -1.33. The summed E-state index contributed by atoms with van der Waals surface area (Å²) in [7, 11) is 0. The Labute approximate surface area is 208 Å². The number of urea groups is 1. The highest BCUT2D eigenvalue weighted by Crippen LogP contribution is 2.24. The number of ether oxygens (including phenoxy) is 1. The van der Waals surface area contributed by atoms with E-state index in [9.17, 15) is 19.2 Å². The molecule has 1 aliphatic rings. The lowest BCUT2D eigenvalue weighted by Crippen LogP contribution is -2.54. The summed E-state index contributed by atoms with van der Waals surface area (Å²) in [6.45, 7) is 5.56. The first kappa shape index (κ1) is 24.4. The third-order valence-corrected chi connectivity index (χ3v) is 5.71. The van der Waals surface area contributed by atoms with E-state index in [0.717, 1.165) is 21.6 Å². The summed E-state index contributed by atoms with van der Waals surface area (Å²) < 4.78 is 5.54. The summed E-state index contributed by atoms with van der Waals surface area (Å²) in [6, 6.07) is 18.4. The fraction of sp³-hybridized carbons (Fsp3) is 0.143. The number of amides is 5. The van der Waals surface area contributed by atoms with E-state index >= 15 is 0 Å². The minimum Gasteiger partial charge on any atom is -0.484 e. The third-order valence-electron chi connectivity index (χ3n) is 5.71. The highest BCUT2D eigenvalue weighted by atomic mass is 16.5. The summed E-state index contributed by atoms with van der Waals surface area (Å²) in [5.41, 5.74) is 4.42. The van der Waals surface area contributed by atoms with Gasteiger partial charge in [-0.25, -0.2) is 9.69 Å². The molecule has 182 valence electrons. The number of aryl methyl sites for hydroxylation is 3. The van der Waals surface area contributed by atoms with Crippen molar-refractivity contribution >= 4 is 41.2 Å². The maximum Gasteiger partial charge on any atom is 0.335 e. The van der Waals surface area contributed by atoms with Crippen LogP contribution >= 0.6 is 0 Å². The van der Waals surface area contributed by atoms with Crippen molar-refractivity contribution in [1.82, 2.24) is 5.32 Å². The maximum absolute atomic E-state index is 13.1. The van der Waals surface area contributed by atoms with Crippen molar-refractivity contribution in [2.75, 3.05) is 16.8 Å². The molecule has 0 saturated carbocycles. The van der Waals surface area contributed by atoms with Crippen LogP contribution in [0.1, 0.15) is 22.3 Å². The molecule has 8 nitrogen and oxygen atoms in total. The van der Waals surface area contributed by atoms with Gasteiger partial charge in [0, 0.05) is 5.69 Å². The molecule has 36 heavy (non-hydrogen) atoms. The first-order valence-corrected chi connectivity index (χ1v) is 11.3. The zero-order valence-electron chi connectivity index (χ0n) is 20.1. The van der Waals surface area contributed by atoms with Crippen molar-refractivity contribution in [3.63, 3.8) is 0 Å². The standard InChI is InChI=1S/C28H25N3O5/c1-17-5-4-6-21(13-17)29-25(32)16-36-23-11-8-20(9-12-23)15-24-26(33)30-28(35)31(27(24)34)22-10-7-18(2)19(3)14-22/h4-15H,16H2,1-3H3,(H,29,32)(H,30,33,35)/b24-15-. The Bertz CT molecular complexity index is 1390. The molecule has 5 amide bonds. The smallest absolute Gasteiger partial charge is 0.335 e. The summed E-state index contributed by atoms with van der Waals surface area (Å²) in [5, 5.41) is 4.99. The first-order valence-electron chi connectivity index (χ1n) is 11.3. The topological polar surface area (TPSA) is 105 Å². The van der Waals surface area contributed by atoms with E-state index in [2.05, 4.69) is 10.6 Å². The molecule has 1 aliphatic heterocycles.